The molecular formula is C18H20N2. The monoisotopic (exact) mass is 264 g/mol. The Bertz CT molecular complexity index is 753. The zero-order chi connectivity index (χ0) is 14.1. The van der Waals surface area contributed by atoms with Crippen LogP contribution in [0.5, 0.6) is 0 Å². The van der Waals surface area contributed by atoms with Crippen molar-refractivity contribution < 1.29 is 0 Å². The van der Waals surface area contributed by atoms with Gasteiger partial charge < -0.3 is 9.88 Å². The molecular weight excluding hydrogens is 244 g/mol. The zero-order valence-electron chi connectivity index (χ0n) is 12.3. The Balaban J connectivity index is 1.85. The van der Waals surface area contributed by atoms with Crippen molar-refractivity contribution in [3.05, 3.63) is 65.4 Å². The molecule has 1 N–H and O–H groups in total. The van der Waals surface area contributed by atoms with Crippen LogP contribution in [-0.2, 0) is 13.6 Å². The van der Waals surface area contributed by atoms with Gasteiger partial charge in [0.15, 0.2) is 0 Å². The minimum absolute atomic E-state index is 0.851. The molecule has 1 heterocycles. The van der Waals surface area contributed by atoms with Crippen LogP contribution in [0.2, 0.25) is 0 Å². The van der Waals surface area contributed by atoms with Gasteiger partial charge in [0.2, 0.25) is 0 Å². The molecule has 0 bridgehead atoms. The molecule has 0 saturated heterocycles. The second-order valence-electron chi connectivity index (χ2n) is 5.43. The Morgan fingerprint density at radius 1 is 1.00 bits per heavy atom. The van der Waals surface area contributed by atoms with E-state index in [0.717, 1.165) is 6.54 Å². The lowest BCUT2D eigenvalue weighted by molar-refractivity contribution is 0.955. The van der Waals surface area contributed by atoms with Crippen LogP contribution in [0, 0.1) is 13.8 Å². The van der Waals surface area contributed by atoms with Crippen molar-refractivity contribution in [1.29, 1.82) is 0 Å². The number of benzene rings is 2. The Morgan fingerprint density at radius 2 is 1.80 bits per heavy atom. The molecule has 0 aliphatic heterocycles. The van der Waals surface area contributed by atoms with Gasteiger partial charge in [0.05, 0.1) is 0 Å². The number of hydrogen-bond donors (Lipinski definition) is 1. The average molecular weight is 264 g/mol. The second kappa shape index (κ2) is 5.04. The maximum Gasteiger partial charge on any atom is 0.0481 e. The summed E-state index contributed by atoms with van der Waals surface area (Å²) >= 11 is 0. The molecule has 0 saturated carbocycles. The summed E-state index contributed by atoms with van der Waals surface area (Å²) < 4.78 is 2.19. The molecule has 0 unspecified atom stereocenters. The summed E-state index contributed by atoms with van der Waals surface area (Å²) in [4.78, 5) is 0. The molecule has 2 heteroatoms. The topological polar surface area (TPSA) is 17.0 Å². The molecule has 0 fully saturated rings. The van der Waals surface area contributed by atoms with Gasteiger partial charge in [-0.15, -0.1) is 0 Å². The molecule has 0 spiro atoms. The number of hydrogen-bond acceptors (Lipinski definition) is 1. The van der Waals surface area contributed by atoms with E-state index in [1.54, 1.807) is 0 Å². The summed E-state index contributed by atoms with van der Waals surface area (Å²) in [6.07, 6.45) is 2.21. The Kier molecular flexibility index (Phi) is 3.23. The highest BCUT2D eigenvalue weighted by Crippen LogP contribution is 2.22. The standard InChI is InChI=1S/C18H20N2/c1-13-8-9-16(10-14(13)2)19-11-15-12-20(3)18-7-5-4-6-17(15)18/h4-10,12,19H,11H2,1-3H3. The van der Waals surface area contributed by atoms with Gasteiger partial charge in [0, 0.05) is 36.4 Å². The number of fused-ring (bicyclic) bond motifs is 1. The van der Waals surface area contributed by atoms with Crippen LogP contribution < -0.4 is 5.32 Å². The summed E-state index contributed by atoms with van der Waals surface area (Å²) in [5.41, 5.74) is 6.46. The van der Waals surface area contributed by atoms with Crippen LogP contribution in [0.4, 0.5) is 5.69 Å². The highest BCUT2D eigenvalue weighted by molar-refractivity contribution is 5.84. The molecule has 0 atom stereocenters. The maximum atomic E-state index is 3.52. The van der Waals surface area contributed by atoms with E-state index in [0.29, 0.717) is 0 Å². The van der Waals surface area contributed by atoms with Crippen LogP contribution in [-0.4, -0.2) is 4.57 Å². The highest BCUT2D eigenvalue weighted by atomic mass is 14.9. The fourth-order valence-corrected chi connectivity index (χ4v) is 2.62. The number of aryl methyl sites for hydroxylation is 3. The minimum atomic E-state index is 0.851. The second-order valence-corrected chi connectivity index (χ2v) is 5.43. The average Bonchev–Trinajstić information content (AvgIpc) is 2.78. The van der Waals surface area contributed by atoms with E-state index in [-0.39, 0.29) is 0 Å². The molecule has 0 amide bonds. The van der Waals surface area contributed by atoms with E-state index in [2.05, 4.69) is 79.4 Å². The zero-order valence-corrected chi connectivity index (χ0v) is 12.3. The van der Waals surface area contributed by atoms with Gasteiger partial charge in [-0.25, -0.2) is 0 Å². The fraction of sp³-hybridized carbons (Fsp3) is 0.222. The summed E-state index contributed by atoms with van der Waals surface area (Å²) in [5.74, 6) is 0. The lowest BCUT2D eigenvalue weighted by Crippen LogP contribution is -1.99. The highest BCUT2D eigenvalue weighted by Gasteiger charge is 2.05. The Morgan fingerprint density at radius 3 is 2.60 bits per heavy atom. The van der Waals surface area contributed by atoms with Crippen LogP contribution in [0.1, 0.15) is 16.7 Å². The van der Waals surface area contributed by atoms with Crippen LogP contribution in [0.15, 0.2) is 48.7 Å². The number of rotatable bonds is 3. The smallest absolute Gasteiger partial charge is 0.0481 e. The minimum Gasteiger partial charge on any atom is -0.381 e. The van der Waals surface area contributed by atoms with E-state index >= 15 is 0 Å². The summed E-state index contributed by atoms with van der Waals surface area (Å²) in [5, 5.41) is 4.85. The van der Waals surface area contributed by atoms with Gasteiger partial charge in [0.25, 0.3) is 0 Å². The maximum absolute atomic E-state index is 3.52. The normalized spacial score (nSPS) is 10.9. The van der Waals surface area contributed by atoms with Crippen molar-refractivity contribution in [2.75, 3.05) is 5.32 Å². The molecule has 2 nitrogen and oxygen atoms in total. The molecule has 20 heavy (non-hydrogen) atoms. The predicted octanol–water partition coefficient (Wildman–Crippen LogP) is 4.41. The van der Waals surface area contributed by atoms with E-state index < -0.39 is 0 Å². The number of aromatic nitrogens is 1. The van der Waals surface area contributed by atoms with Crippen molar-refractivity contribution in [2.24, 2.45) is 7.05 Å². The van der Waals surface area contributed by atoms with Crippen molar-refractivity contribution >= 4 is 16.6 Å². The van der Waals surface area contributed by atoms with E-state index in [4.69, 9.17) is 0 Å². The molecule has 1 aromatic heterocycles. The first-order valence-electron chi connectivity index (χ1n) is 6.99. The van der Waals surface area contributed by atoms with Gasteiger partial charge in [-0.2, -0.15) is 0 Å². The van der Waals surface area contributed by atoms with Crippen LogP contribution in [0.25, 0.3) is 10.9 Å². The largest absolute Gasteiger partial charge is 0.381 e. The molecule has 3 aromatic rings. The third-order valence-corrected chi connectivity index (χ3v) is 3.97. The van der Waals surface area contributed by atoms with E-state index in [9.17, 15) is 0 Å². The van der Waals surface area contributed by atoms with Gasteiger partial charge in [-0.3, -0.25) is 0 Å². The third-order valence-electron chi connectivity index (χ3n) is 3.97. The number of nitrogens with zero attached hydrogens (tertiary/aromatic N) is 1. The number of anilines is 1. The molecule has 0 radical (unpaired) electrons. The summed E-state index contributed by atoms with van der Waals surface area (Å²) in [6.45, 7) is 5.14. The molecule has 0 aliphatic carbocycles. The predicted molar refractivity (Wildman–Crippen MR) is 86.2 cm³/mol. The van der Waals surface area contributed by atoms with Gasteiger partial charge >= 0.3 is 0 Å². The van der Waals surface area contributed by atoms with Crippen LogP contribution >= 0.6 is 0 Å². The van der Waals surface area contributed by atoms with Gasteiger partial charge in [-0.05, 0) is 48.7 Å². The summed E-state index contributed by atoms with van der Waals surface area (Å²) in [7, 11) is 2.10. The first-order valence-corrected chi connectivity index (χ1v) is 6.99. The lowest BCUT2D eigenvalue weighted by Gasteiger charge is -2.08. The van der Waals surface area contributed by atoms with Crippen molar-refractivity contribution in [1.82, 2.24) is 4.57 Å². The van der Waals surface area contributed by atoms with E-state index in [1.807, 2.05) is 0 Å². The lowest BCUT2D eigenvalue weighted by atomic mass is 10.1. The van der Waals surface area contributed by atoms with Crippen molar-refractivity contribution in [3.8, 4) is 0 Å². The van der Waals surface area contributed by atoms with Gasteiger partial charge in [-0.1, -0.05) is 24.3 Å². The van der Waals surface area contributed by atoms with Crippen molar-refractivity contribution in [3.63, 3.8) is 0 Å². The quantitative estimate of drug-likeness (QED) is 0.741. The third kappa shape index (κ3) is 2.29. The van der Waals surface area contributed by atoms with Gasteiger partial charge in [0.1, 0.15) is 0 Å². The molecule has 3 rings (SSSR count). The summed E-state index contributed by atoms with van der Waals surface area (Å²) in [6, 6.07) is 15.1. The van der Waals surface area contributed by atoms with E-state index in [1.165, 1.54) is 33.3 Å². The first kappa shape index (κ1) is 12.8. The van der Waals surface area contributed by atoms with Crippen molar-refractivity contribution in [2.45, 2.75) is 20.4 Å². The number of para-hydroxylation sites is 1. The molecule has 102 valence electrons. The number of nitrogens with one attached hydrogen (secondary N) is 1. The molecule has 2 aromatic carbocycles. The van der Waals surface area contributed by atoms with Crippen LogP contribution in [0.3, 0.4) is 0 Å². The Labute approximate surface area is 120 Å². The Hall–Kier alpha value is -2.22. The fourth-order valence-electron chi connectivity index (χ4n) is 2.62. The SMILES string of the molecule is Cc1ccc(NCc2cn(C)c3ccccc23)cc1C. The first-order chi connectivity index (χ1) is 9.65. The molecule has 0 aliphatic rings.